The van der Waals surface area contributed by atoms with Crippen LogP contribution in [-0.4, -0.2) is 47.4 Å². The Balaban J connectivity index is 1.91. The number of aliphatic hydroxyl groups is 1. The number of likely N-dealkylation sites (tertiary alicyclic amines) is 1. The maximum absolute atomic E-state index is 13.2. The summed E-state index contributed by atoms with van der Waals surface area (Å²) in [5.74, 6) is -0.660. The van der Waals surface area contributed by atoms with E-state index in [4.69, 9.17) is 9.47 Å². The summed E-state index contributed by atoms with van der Waals surface area (Å²) in [6.45, 7) is 2.51. The monoisotopic (exact) mass is 448 g/mol. The zero-order chi connectivity index (χ0) is 23.5. The van der Waals surface area contributed by atoms with Gasteiger partial charge in [-0.3, -0.25) is 9.59 Å². The number of fused-ring (bicyclic) bond motifs is 1. The van der Waals surface area contributed by atoms with E-state index in [0.29, 0.717) is 23.6 Å². The first-order valence-electron chi connectivity index (χ1n) is 11.1. The van der Waals surface area contributed by atoms with Crippen molar-refractivity contribution < 1.29 is 24.2 Å². The van der Waals surface area contributed by atoms with Gasteiger partial charge in [-0.15, -0.1) is 0 Å². The van der Waals surface area contributed by atoms with Crippen LogP contribution in [0.3, 0.4) is 0 Å². The SMILES string of the molecule is CCCCCN1C(=O)C(=O)/C(=C(/O)c2ccc(OC)cc2OC)C1c1c[nH]c2ccccc12. The number of hydrogen-bond acceptors (Lipinski definition) is 5. The molecule has 1 aliphatic rings. The highest BCUT2D eigenvalue weighted by atomic mass is 16.5. The number of nitrogens with one attached hydrogen (secondary N) is 1. The van der Waals surface area contributed by atoms with Crippen LogP contribution < -0.4 is 9.47 Å². The van der Waals surface area contributed by atoms with Gasteiger partial charge >= 0.3 is 0 Å². The number of H-pyrrole nitrogens is 1. The molecule has 0 aliphatic carbocycles. The molecule has 2 aromatic carbocycles. The van der Waals surface area contributed by atoms with Crippen molar-refractivity contribution in [1.82, 2.24) is 9.88 Å². The summed E-state index contributed by atoms with van der Waals surface area (Å²) in [6, 6.07) is 11.9. The standard InChI is InChI=1S/C26H28N2O5/c1-4-5-8-13-28-23(19-15-27-20-10-7-6-9-17(19)20)22(25(30)26(28)31)24(29)18-12-11-16(32-2)14-21(18)33-3/h6-7,9-12,14-15,23,27,29H,4-5,8,13H2,1-3H3/b24-22+. The molecule has 7 nitrogen and oxygen atoms in total. The molecule has 1 aromatic heterocycles. The molecule has 0 bridgehead atoms. The Morgan fingerprint density at radius 3 is 2.61 bits per heavy atom. The van der Waals surface area contributed by atoms with E-state index in [1.807, 2.05) is 30.5 Å². The van der Waals surface area contributed by atoms with E-state index < -0.39 is 17.7 Å². The number of Topliss-reactive ketones (excluding diaryl/α,β-unsaturated/α-hetero) is 1. The van der Waals surface area contributed by atoms with Crippen molar-refractivity contribution in [1.29, 1.82) is 0 Å². The van der Waals surface area contributed by atoms with E-state index in [2.05, 4.69) is 11.9 Å². The Labute approximate surface area is 192 Å². The van der Waals surface area contributed by atoms with Crippen molar-refractivity contribution in [2.45, 2.75) is 32.2 Å². The van der Waals surface area contributed by atoms with E-state index in [1.54, 1.807) is 23.1 Å². The number of aliphatic hydroxyl groups excluding tert-OH is 1. The fourth-order valence-electron chi connectivity index (χ4n) is 4.43. The molecule has 1 amide bonds. The molecule has 3 aromatic rings. The summed E-state index contributed by atoms with van der Waals surface area (Å²) in [4.78, 5) is 31.2. The van der Waals surface area contributed by atoms with Gasteiger partial charge in [0, 0.05) is 35.3 Å². The molecule has 2 heterocycles. The number of ketones is 1. The Bertz CT molecular complexity index is 1230. The number of unbranched alkanes of at least 4 members (excludes halogenated alkanes) is 2. The summed E-state index contributed by atoms with van der Waals surface area (Å²) in [6.07, 6.45) is 4.52. The van der Waals surface area contributed by atoms with Crippen molar-refractivity contribution in [3.8, 4) is 11.5 Å². The number of rotatable bonds is 8. The lowest BCUT2D eigenvalue weighted by Crippen LogP contribution is -2.30. The van der Waals surface area contributed by atoms with E-state index in [9.17, 15) is 14.7 Å². The van der Waals surface area contributed by atoms with E-state index >= 15 is 0 Å². The van der Waals surface area contributed by atoms with Crippen LogP contribution in [0, 0.1) is 0 Å². The van der Waals surface area contributed by atoms with Crippen LogP contribution in [-0.2, 0) is 9.59 Å². The smallest absolute Gasteiger partial charge is 0.295 e. The van der Waals surface area contributed by atoms with Gasteiger partial charge in [0.15, 0.2) is 0 Å². The molecule has 4 rings (SSSR count). The molecule has 1 unspecified atom stereocenters. The molecule has 0 saturated carbocycles. The molecule has 1 aliphatic heterocycles. The second kappa shape index (κ2) is 9.40. The minimum absolute atomic E-state index is 0.0599. The molecule has 1 atom stereocenters. The third-order valence-corrected chi connectivity index (χ3v) is 6.12. The molecule has 2 N–H and O–H groups in total. The molecule has 0 spiro atoms. The molecule has 0 radical (unpaired) electrons. The van der Waals surface area contributed by atoms with E-state index in [0.717, 1.165) is 35.7 Å². The maximum Gasteiger partial charge on any atom is 0.295 e. The first-order chi connectivity index (χ1) is 16.0. The van der Waals surface area contributed by atoms with Gasteiger partial charge in [-0.25, -0.2) is 0 Å². The first kappa shape index (κ1) is 22.5. The third kappa shape index (κ3) is 3.95. The fraction of sp³-hybridized carbons (Fsp3) is 0.308. The minimum Gasteiger partial charge on any atom is -0.507 e. The fourth-order valence-corrected chi connectivity index (χ4v) is 4.43. The minimum atomic E-state index is -0.704. The largest absolute Gasteiger partial charge is 0.507 e. The van der Waals surface area contributed by atoms with Gasteiger partial charge in [0.2, 0.25) is 0 Å². The molecule has 1 saturated heterocycles. The van der Waals surface area contributed by atoms with Crippen LogP contribution in [0.1, 0.15) is 43.4 Å². The number of amides is 1. The summed E-state index contributed by atoms with van der Waals surface area (Å²) in [7, 11) is 3.01. The lowest BCUT2D eigenvalue weighted by Gasteiger charge is -2.25. The normalized spacial score (nSPS) is 17.7. The highest BCUT2D eigenvalue weighted by Crippen LogP contribution is 2.43. The molecule has 33 heavy (non-hydrogen) atoms. The molecule has 172 valence electrons. The number of nitrogens with zero attached hydrogens (tertiary/aromatic N) is 1. The zero-order valence-electron chi connectivity index (χ0n) is 19.1. The van der Waals surface area contributed by atoms with Crippen LogP contribution >= 0.6 is 0 Å². The highest BCUT2D eigenvalue weighted by molar-refractivity contribution is 6.46. The van der Waals surface area contributed by atoms with Crippen LogP contribution in [0.25, 0.3) is 16.7 Å². The van der Waals surface area contributed by atoms with Crippen molar-refractivity contribution in [2.75, 3.05) is 20.8 Å². The number of carbonyl (C=O) groups excluding carboxylic acids is 2. The Morgan fingerprint density at radius 2 is 1.88 bits per heavy atom. The summed E-state index contributed by atoms with van der Waals surface area (Å²) in [5.41, 5.74) is 2.06. The quantitative estimate of drug-likeness (QED) is 0.224. The molecule has 7 heteroatoms. The van der Waals surface area contributed by atoms with Crippen LogP contribution in [0.4, 0.5) is 0 Å². The van der Waals surface area contributed by atoms with Crippen molar-refractivity contribution in [3.63, 3.8) is 0 Å². The van der Waals surface area contributed by atoms with Crippen molar-refractivity contribution in [2.24, 2.45) is 0 Å². The number of aromatic nitrogens is 1. The molecular formula is C26H28N2O5. The number of hydrogen-bond donors (Lipinski definition) is 2. The van der Waals surface area contributed by atoms with Crippen LogP contribution in [0.5, 0.6) is 11.5 Å². The average Bonchev–Trinajstić information content (AvgIpc) is 3.37. The summed E-state index contributed by atoms with van der Waals surface area (Å²) >= 11 is 0. The van der Waals surface area contributed by atoms with E-state index in [1.165, 1.54) is 14.2 Å². The van der Waals surface area contributed by atoms with Crippen molar-refractivity contribution in [3.05, 3.63) is 65.4 Å². The van der Waals surface area contributed by atoms with Gasteiger partial charge in [0.25, 0.3) is 11.7 Å². The first-order valence-corrected chi connectivity index (χ1v) is 11.1. The van der Waals surface area contributed by atoms with Crippen LogP contribution in [0.15, 0.2) is 54.2 Å². The maximum atomic E-state index is 13.2. The average molecular weight is 449 g/mol. The number of aromatic amines is 1. The van der Waals surface area contributed by atoms with Gasteiger partial charge in [-0.1, -0.05) is 38.0 Å². The lowest BCUT2D eigenvalue weighted by atomic mass is 9.94. The third-order valence-electron chi connectivity index (χ3n) is 6.12. The summed E-state index contributed by atoms with van der Waals surface area (Å²) < 4.78 is 10.7. The van der Waals surface area contributed by atoms with Gasteiger partial charge < -0.3 is 24.5 Å². The van der Waals surface area contributed by atoms with Gasteiger partial charge in [-0.2, -0.15) is 0 Å². The number of benzene rings is 2. The lowest BCUT2D eigenvalue weighted by molar-refractivity contribution is -0.139. The molecule has 1 fully saturated rings. The zero-order valence-corrected chi connectivity index (χ0v) is 19.1. The number of carbonyl (C=O) groups is 2. The van der Waals surface area contributed by atoms with Gasteiger partial charge in [0.05, 0.1) is 31.4 Å². The van der Waals surface area contributed by atoms with Gasteiger partial charge in [-0.05, 0) is 24.6 Å². The summed E-state index contributed by atoms with van der Waals surface area (Å²) in [5, 5.41) is 12.3. The number of ether oxygens (including phenoxy) is 2. The topological polar surface area (TPSA) is 91.9 Å². The predicted octanol–water partition coefficient (Wildman–Crippen LogP) is 4.80. The van der Waals surface area contributed by atoms with E-state index in [-0.39, 0.29) is 11.3 Å². The van der Waals surface area contributed by atoms with Crippen LogP contribution in [0.2, 0.25) is 0 Å². The number of para-hydroxylation sites is 1. The number of methoxy groups -OCH3 is 2. The van der Waals surface area contributed by atoms with Gasteiger partial charge in [0.1, 0.15) is 17.3 Å². The Morgan fingerprint density at radius 1 is 1.09 bits per heavy atom. The predicted molar refractivity (Wildman–Crippen MR) is 126 cm³/mol. The Hall–Kier alpha value is -3.74. The second-order valence-corrected chi connectivity index (χ2v) is 8.06. The highest BCUT2D eigenvalue weighted by Gasteiger charge is 2.46. The molecular weight excluding hydrogens is 420 g/mol. The van der Waals surface area contributed by atoms with Crippen molar-refractivity contribution >= 4 is 28.4 Å². The Kier molecular flexibility index (Phi) is 6.40. The second-order valence-electron chi connectivity index (χ2n) is 8.06.